The highest BCUT2D eigenvalue weighted by Gasteiger charge is 2.37. The summed E-state index contributed by atoms with van der Waals surface area (Å²) in [5, 5.41) is 0. The Kier molecular flexibility index (Phi) is 2.08. The molecule has 1 saturated heterocycles. The van der Waals surface area contributed by atoms with Crippen molar-refractivity contribution in [1.82, 2.24) is 0 Å². The quantitative estimate of drug-likeness (QED) is 0.465. The lowest BCUT2D eigenvalue weighted by molar-refractivity contribution is -0.895. The summed E-state index contributed by atoms with van der Waals surface area (Å²) in [4.78, 5) is 1.94. The van der Waals surface area contributed by atoms with E-state index in [0.717, 1.165) is 0 Å². The van der Waals surface area contributed by atoms with Gasteiger partial charge in [0.2, 0.25) is 0 Å². The third-order valence-corrected chi connectivity index (χ3v) is 2.28. The maximum Gasteiger partial charge on any atom is 0.168 e. The second kappa shape index (κ2) is 2.51. The zero-order chi connectivity index (χ0) is 8.70. The van der Waals surface area contributed by atoms with Crippen molar-refractivity contribution in [2.75, 3.05) is 0 Å². The monoisotopic (exact) mass is 155 g/mol. The molecule has 0 aromatic rings. The molecule has 0 atom stereocenters. The topological polar surface area (TPSA) is 4.44 Å². The van der Waals surface area contributed by atoms with Crippen LogP contribution in [0.25, 0.3) is 0 Å². The fourth-order valence-corrected chi connectivity index (χ4v) is 2.01. The maximum atomic E-state index is 2.44. The Morgan fingerprint density at radius 1 is 1.00 bits per heavy atom. The molecule has 1 rings (SSSR count). The molecule has 0 bridgehead atoms. The Morgan fingerprint density at radius 3 is 1.64 bits per heavy atom. The summed E-state index contributed by atoms with van der Waals surface area (Å²) in [6.07, 6.45) is 4.32. The van der Waals surface area contributed by atoms with E-state index in [9.17, 15) is 0 Å². The first-order valence-electron chi connectivity index (χ1n) is 4.21. The van der Waals surface area contributed by atoms with Crippen LogP contribution in [0, 0.1) is 0 Å². The molecule has 0 aromatic heterocycles. The third-order valence-electron chi connectivity index (χ3n) is 2.28. The molecular weight excluding hydrogens is 133 g/mol. The molecule has 1 aliphatic rings. The molecule has 0 saturated carbocycles. The average molecular weight is 155 g/mol. The minimum atomic E-state index is 0.445. The summed E-state index contributed by atoms with van der Waals surface area (Å²) < 4.78 is 0. The zero-order valence-electron chi connectivity index (χ0n) is 7.62. The maximum absolute atomic E-state index is 2.44. The first kappa shape index (κ1) is 9.12. The molecule has 0 radical (unpaired) electrons. The van der Waals surface area contributed by atoms with E-state index in [1.54, 1.807) is 0 Å². The molecule has 2 heteroatoms. The van der Waals surface area contributed by atoms with Gasteiger partial charge in [-0.15, -0.1) is 0 Å². The van der Waals surface area contributed by atoms with E-state index in [1.165, 1.54) is 19.3 Å². The predicted octanol–water partition coefficient (Wildman–Crippen LogP) is -0.107. The van der Waals surface area contributed by atoms with Crippen molar-refractivity contribution in [2.45, 2.75) is 58.0 Å². The van der Waals surface area contributed by atoms with Crippen molar-refractivity contribution >= 4 is 7.98 Å². The fourth-order valence-electron chi connectivity index (χ4n) is 2.01. The molecule has 0 aromatic carbocycles. The Labute approximate surface area is 71.6 Å². The highest BCUT2D eigenvalue weighted by atomic mass is 15.2. The molecule has 1 nitrogen and oxygen atoms in total. The Morgan fingerprint density at radius 2 is 1.36 bits per heavy atom. The standard InChI is InChI=1S/C9H22BN/c1-8(2)6-5-7-9(3,4)11(8)10/h11H,5-7H2,1-4,10H3. The van der Waals surface area contributed by atoms with E-state index in [1.807, 2.05) is 4.81 Å². The van der Waals surface area contributed by atoms with Gasteiger partial charge in [0.15, 0.2) is 7.98 Å². The minimum absolute atomic E-state index is 0.445. The smallest absolute Gasteiger partial charge is 0.168 e. The first-order valence-corrected chi connectivity index (χ1v) is 4.21. The molecule has 66 valence electrons. The van der Waals surface area contributed by atoms with E-state index >= 15 is 0 Å². The van der Waals surface area contributed by atoms with Gasteiger partial charge in [-0.1, -0.05) is 0 Å². The fraction of sp³-hybridized carbons (Fsp3) is 1.00. The molecule has 1 fully saturated rings. The van der Waals surface area contributed by atoms with Crippen LogP contribution in [-0.2, 0) is 0 Å². The number of hydrogen-bond acceptors (Lipinski definition) is 0. The zero-order valence-corrected chi connectivity index (χ0v) is 7.62. The van der Waals surface area contributed by atoms with Gasteiger partial charge in [-0.3, -0.25) is 0 Å². The summed E-state index contributed by atoms with van der Waals surface area (Å²) in [5.41, 5.74) is 1.20. The molecule has 0 aliphatic carbocycles. The number of rotatable bonds is 0. The van der Waals surface area contributed by atoms with Crippen LogP contribution in [0.2, 0.25) is 0 Å². The van der Waals surface area contributed by atoms with Crippen molar-refractivity contribution in [2.24, 2.45) is 0 Å². The minimum Gasteiger partial charge on any atom is -0.524 e. The normalized spacial score (nSPS) is 30.3. The molecule has 1 heterocycles. The lowest BCUT2D eigenvalue weighted by Crippen LogP contribution is -3.25. The first-order chi connectivity index (χ1) is 4.86. The van der Waals surface area contributed by atoms with Gasteiger partial charge in [0.05, 0.1) is 11.1 Å². The van der Waals surface area contributed by atoms with Crippen LogP contribution >= 0.6 is 0 Å². The van der Waals surface area contributed by atoms with Gasteiger partial charge < -0.3 is 4.81 Å². The summed E-state index contributed by atoms with van der Waals surface area (Å²) in [6.45, 7) is 9.76. The molecule has 0 spiro atoms. The van der Waals surface area contributed by atoms with Crippen LogP contribution in [-0.4, -0.2) is 19.1 Å². The van der Waals surface area contributed by atoms with E-state index in [-0.39, 0.29) is 0 Å². The molecule has 1 aliphatic heterocycles. The van der Waals surface area contributed by atoms with Gasteiger partial charge in [0, 0.05) is 0 Å². The molecule has 0 unspecified atom stereocenters. The lowest BCUT2D eigenvalue weighted by Gasteiger charge is -2.53. The summed E-state index contributed by atoms with van der Waals surface area (Å²) in [7, 11) is 0.445. The largest absolute Gasteiger partial charge is 0.524 e. The third kappa shape index (κ3) is 1.61. The second-order valence-corrected chi connectivity index (χ2v) is 4.75. The van der Waals surface area contributed by atoms with E-state index < -0.39 is 0 Å². The van der Waals surface area contributed by atoms with E-state index in [4.69, 9.17) is 0 Å². The van der Waals surface area contributed by atoms with Crippen LogP contribution in [0.15, 0.2) is 0 Å². The number of quaternary nitrogens is 1. The van der Waals surface area contributed by atoms with Crippen molar-refractivity contribution in [1.29, 1.82) is 0 Å². The van der Waals surface area contributed by atoms with Gasteiger partial charge in [0.1, 0.15) is 0 Å². The average Bonchev–Trinajstić information content (AvgIpc) is 1.82. The Balaban J connectivity index is 2.76. The summed E-state index contributed by atoms with van der Waals surface area (Å²) in [5.74, 6) is 0. The molecule has 11 heavy (non-hydrogen) atoms. The van der Waals surface area contributed by atoms with Gasteiger partial charge >= 0.3 is 0 Å². The summed E-state index contributed by atoms with van der Waals surface area (Å²) in [6, 6.07) is 0. The second-order valence-electron chi connectivity index (χ2n) is 4.75. The highest BCUT2D eigenvalue weighted by Crippen LogP contribution is 2.21. The predicted molar refractivity (Wildman–Crippen MR) is 52.9 cm³/mol. The van der Waals surface area contributed by atoms with Crippen LogP contribution < -0.4 is 4.81 Å². The van der Waals surface area contributed by atoms with E-state index in [2.05, 4.69) is 27.7 Å². The Hall–Kier alpha value is 0.0249. The van der Waals surface area contributed by atoms with Gasteiger partial charge in [-0.25, -0.2) is 0 Å². The SMILES string of the molecule is [BH3-][NH+]1C(C)(C)CCCC1(C)C. The number of piperidine rings is 1. The summed E-state index contributed by atoms with van der Waals surface area (Å²) >= 11 is 0. The van der Waals surface area contributed by atoms with Gasteiger partial charge in [-0.05, 0) is 47.0 Å². The van der Waals surface area contributed by atoms with Gasteiger partial charge in [0.25, 0.3) is 0 Å². The highest BCUT2D eigenvalue weighted by molar-refractivity contribution is 5.95. The van der Waals surface area contributed by atoms with Crippen LogP contribution in [0.4, 0.5) is 0 Å². The van der Waals surface area contributed by atoms with Crippen LogP contribution in [0.3, 0.4) is 0 Å². The van der Waals surface area contributed by atoms with E-state index in [0.29, 0.717) is 19.1 Å². The lowest BCUT2D eigenvalue weighted by atomic mass is 9.77. The number of nitrogens with one attached hydrogen (secondary N) is 1. The van der Waals surface area contributed by atoms with Crippen molar-refractivity contribution in [3.63, 3.8) is 0 Å². The van der Waals surface area contributed by atoms with Crippen molar-refractivity contribution in [3.05, 3.63) is 0 Å². The molecule has 0 amide bonds. The Bertz CT molecular complexity index is 136. The van der Waals surface area contributed by atoms with Crippen molar-refractivity contribution < 1.29 is 4.81 Å². The van der Waals surface area contributed by atoms with Crippen LogP contribution in [0.1, 0.15) is 47.0 Å². The van der Waals surface area contributed by atoms with Crippen molar-refractivity contribution in [3.8, 4) is 0 Å². The van der Waals surface area contributed by atoms with Crippen LogP contribution in [0.5, 0.6) is 0 Å². The molecule has 1 N–H and O–H groups in total. The number of hydrogen-bond donors (Lipinski definition) is 1. The molecular formula is C9H22BN. The van der Waals surface area contributed by atoms with Gasteiger partial charge in [-0.2, -0.15) is 0 Å².